The van der Waals surface area contributed by atoms with Crippen molar-refractivity contribution in [3.8, 4) is 11.5 Å². The first-order valence-corrected chi connectivity index (χ1v) is 7.28. The molecule has 0 atom stereocenters. The van der Waals surface area contributed by atoms with Crippen molar-refractivity contribution in [1.82, 2.24) is 4.90 Å². The zero-order valence-corrected chi connectivity index (χ0v) is 12.3. The van der Waals surface area contributed by atoms with Crippen molar-refractivity contribution in [2.75, 3.05) is 6.54 Å². The number of benzene rings is 2. The van der Waals surface area contributed by atoms with Gasteiger partial charge in [0.25, 0.3) is 0 Å². The first-order valence-electron chi connectivity index (χ1n) is 6.90. The number of ether oxygens (including phenoxy) is 1. The summed E-state index contributed by atoms with van der Waals surface area (Å²) in [5, 5.41) is 0.675. The standard InChI is InChI=1S/C18H16ClNO/c19-16-8-6-9-17(13-16)21-18-10-3-2-7-15(18)14-20-11-4-1-5-12-20/h1-11,13H,12,14H2. The van der Waals surface area contributed by atoms with Gasteiger partial charge in [-0.25, -0.2) is 0 Å². The van der Waals surface area contributed by atoms with E-state index >= 15 is 0 Å². The van der Waals surface area contributed by atoms with E-state index in [1.165, 1.54) is 0 Å². The molecule has 1 aliphatic rings. The summed E-state index contributed by atoms with van der Waals surface area (Å²) in [6, 6.07) is 15.5. The van der Waals surface area contributed by atoms with Gasteiger partial charge in [0.1, 0.15) is 11.5 Å². The van der Waals surface area contributed by atoms with Crippen LogP contribution in [0.4, 0.5) is 0 Å². The maximum absolute atomic E-state index is 6.00. The number of allylic oxidation sites excluding steroid dienone is 2. The van der Waals surface area contributed by atoms with Gasteiger partial charge in [-0.2, -0.15) is 0 Å². The summed E-state index contributed by atoms with van der Waals surface area (Å²) >= 11 is 6.00. The molecular formula is C18H16ClNO. The number of hydrogen-bond acceptors (Lipinski definition) is 2. The molecule has 0 radical (unpaired) electrons. The average Bonchev–Trinajstić information content (AvgIpc) is 2.50. The van der Waals surface area contributed by atoms with Gasteiger partial charge in [0.05, 0.1) is 0 Å². The van der Waals surface area contributed by atoms with E-state index in [2.05, 4.69) is 29.3 Å². The topological polar surface area (TPSA) is 12.5 Å². The minimum Gasteiger partial charge on any atom is -0.457 e. The quantitative estimate of drug-likeness (QED) is 0.786. The highest BCUT2D eigenvalue weighted by Crippen LogP contribution is 2.28. The van der Waals surface area contributed by atoms with Crippen molar-refractivity contribution in [3.63, 3.8) is 0 Å². The average molecular weight is 298 g/mol. The lowest BCUT2D eigenvalue weighted by Gasteiger charge is -2.22. The molecule has 3 heteroatoms. The van der Waals surface area contributed by atoms with Gasteiger partial charge in [0, 0.05) is 23.7 Å². The van der Waals surface area contributed by atoms with E-state index in [-0.39, 0.29) is 0 Å². The fourth-order valence-electron chi connectivity index (χ4n) is 2.23. The Kier molecular flexibility index (Phi) is 4.27. The van der Waals surface area contributed by atoms with Crippen molar-refractivity contribution in [2.45, 2.75) is 6.54 Å². The van der Waals surface area contributed by atoms with Crippen molar-refractivity contribution in [1.29, 1.82) is 0 Å². The van der Waals surface area contributed by atoms with Crippen LogP contribution in [0.5, 0.6) is 11.5 Å². The van der Waals surface area contributed by atoms with Gasteiger partial charge in [-0.1, -0.05) is 48.0 Å². The molecule has 0 spiro atoms. The van der Waals surface area contributed by atoms with E-state index in [1.54, 1.807) is 0 Å². The highest BCUT2D eigenvalue weighted by molar-refractivity contribution is 6.30. The monoisotopic (exact) mass is 297 g/mol. The zero-order chi connectivity index (χ0) is 14.5. The number of nitrogens with zero attached hydrogens (tertiary/aromatic N) is 1. The number of halogens is 1. The summed E-state index contributed by atoms with van der Waals surface area (Å²) in [7, 11) is 0. The van der Waals surface area contributed by atoms with E-state index in [0.717, 1.165) is 30.2 Å². The van der Waals surface area contributed by atoms with Crippen molar-refractivity contribution >= 4 is 11.6 Å². The second-order valence-corrected chi connectivity index (χ2v) is 5.30. The summed E-state index contributed by atoms with van der Waals surface area (Å²) in [6.45, 7) is 1.74. The minimum absolute atomic E-state index is 0.675. The van der Waals surface area contributed by atoms with Crippen LogP contribution in [0, 0.1) is 0 Å². The second-order valence-electron chi connectivity index (χ2n) is 4.87. The van der Waals surface area contributed by atoms with Crippen molar-refractivity contribution in [2.24, 2.45) is 0 Å². The van der Waals surface area contributed by atoms with Crippen LogP contribution in [0.15, 0.2) is 73.0 Å². The summed E-state index contributed by atoms with van der Waals surface area (Å²) in [6.07, 6.45) is 8.34. The lowest BCUT2D eigenvalue weighted by molar-refractivity contribution is 0.391. The third-order valence-corrected chi connectivity index (χ3v) is 3.49. The van der Waals surface area contributed by atoms with Gasteiger partial charge in [-0.05, 0) is 36.5 Å². The first kappa shape index (κ1) is 13.8. The molecule has 0 saturated heterocycles. The summed E-state index contributed by atoms with van der Waals surface area (Å²) in [5.41, 5.74) is 1.15. The smallest absolute Gasteiger partial charge is 0.132 e. The van der Waals surface area contributed by atoms with Crippen LogP contribution < -0.4 is 4.74 Å². The normalized spacial score (nSPS) is 13.5. The summed E-state index contributed by atoms with van der Waals surface area (Å²) in [5.74, 6) is 1.62. The van der Waals surface area contributed by atoms with Crippen molar-refractivity contribution in [3.05, 3.63) is 83.5 Å². The lowest BCUT2D eigenvalue weighted by atomic mass is 10.2. The minimum atomic E-state index is 0.675. The molecule has 0 saturated carbocycles. The maximum atomic E-state index is 6.00. The molecule has 0 N–H and O–H groups in total. The van der Waals surface area contributed by atoms with Crippen LogP contribution in [0.3, 0.4) is 0 Å². The van der Waals surface area contributed by atoms with Crippen LogP contribution in [0.1, 0.15) is 5.56 Å². The molecule has 2 aromatic carbocycles. The predicted molar refractivity (Wildman–Crippen MR) is 86.7 cm³/mol. The molecule has 0 amide bonds. The second kappa shape index (κ2) is 6.51. The van der Waals surface area contributed by atoms with Crippen LogP contribution in [-0.2, 0) is 6.54 Å². The van der Waals surface area contributed by atoms with Gasteiger partial charge >= 0.3 is 0 Å². The molecular weight excluding hydrogens is 282 g/mol. The third-order valence-electron chi connectivity index (χ3n) is 3.25. The molecule has 2 aromatic rings. The molecule has 3 rings (SSSR count). The zero-order valence-electron chi connectivity index (χ0n) is 11.6. The number of rotatable bonds is 4. The van der Waals surface area contributed by atoms with Crippen LogP contribution in [0.2, 0.25) is 5.02 Å². The van der Waals surface area contributed by atoms with Crippen LogP contribution >= 0.6 is 11.6 Å². The van der Waals surface area contributed by atoms with Gasteiger partial charge in [-0.3, -0.25) is 0 Å². The largest absolute Gasteiger partial charge is 0.457 e. The number of hydrogen-bond donors (Lipinski definition) is 0. The Morgan fingerprint density at radius 3 is 2.76 bits per heavy atom. The van der Waals surface area contributed by atoms with Gasteiger partial charge in [0.15, 0.2) is 0 Å². The Bertz CT molecular complexity index is 678. The van der Waals surface area contributed by atoms with Crippen LogP contribution in [0.25, 0.3) is 0 Å². The molecule has 106 valence electrons. The van der Waals surface area contributed by atoms with E-state index in [4.69, 9.17) is 16.3 Å². The predicted octanol–water partition coefficient (Wildman–Crippen LogP) is 5.02. The van der Waals surface area contributed by atoms with Gasteiger partial charge < -0.3 is 9.64 Å². The molecule has 0 unspecified atom stereocenters. The Morgan fingerprint density at radius 1 is 1.05 bits per heavy atom. The molecule has 0 bridgehead atoms. The third kappa shape index (κ3) is 3.67. The molecule has 2 nitrogen and oxygen atoms in total. The highest BCUT2D eigenvalue weighted by Gasteiger charge is 2.08. The first-order chi connectivity index (χ1) is 10.3. The Hall–Kier alpha value is -2.19. The van der Waals surface area contributed by atoms with E-state index in [1.807, 2.05) is 48.5 Å². The molecule has 0 aliphatic carbocycles. The molecule has 0 aromatic heterocycles. The molecule has 0 fully saturated rings. The lowest BCUT2D eigenvalue weighted by Crippen LogP contribution is -2.18. The Balaban J connectivity index is 1.79. The molecule has 1 heterocycles. The summed E-state index contributed by atoms with van der Waals surface area (Å²) in [4.78, 5) is 2.24. The van der Waals surface area contributed by atoms with E-state index < -0.39 is 0 Å². The Labute approximate surface area is 129 Å². The summed E-state index contributed by atoms with van der Waals surface area (Å²) < 4.78 is 5.98. The van der Waals surface area contributed by atoms with E-state index in [9.17, 15) is 0 Å². The SMILES string of the molecule is Clc1cccc(Oc2ccccc2CN2C=CC=CC2)c1. The fraction of sp³-hybridized carbons (Fsp3) is 0.111. The van der Waals surface area contributed by atoms with Crippen molar-refractivity contribution < 1.29 is 4.74 Å². The number of para-hydroxylation sites is 1. The van der Waals surface area contributed by atoms with Crippen LogP contribution in [-0.4, -0.2) is 11.4 Å². The maximum Gasteiger partial charge on any atom is 0.132 e. The Morgan fingerprint density at radius 2 is 1.95 bits per heavy atom. The fourth-order valence-corrected chi connectivity index (χ4v) is 2.41. The van der Waals surface area contributed by atoms with E-state index in [0.29, 0.717) is 5.02 Å². The van der Waals surface area contributed by atoms with Gasteiger partial charge in [-0.15, -0.1) is 0 Å². The highest BCUT2D eigenvalue weighted by atomic mass is 35.5. The molecule has 1 aliphatic heterocycles. The molecule has 21 heavy (non-hydrogen) atoms. The van der Waals surface area contributed by atoms with Gasteiger partial charge in [0.2, 0.25) is 0 Å².